The van der Waals surface area contributed by atoms with Crippen LogP contribution in [-0.4, -0.2) is 30.7 Å². The summed E-state index contributed by atoms with van der Waals surface area (Å²) < 4.78 is 42.8. The van der Waals surface area contributed by atoms with Gasteiger partial charge in [-0.1, -0.05) is 47.6 Å². The monoisotopic (exact) mass is 728 g/mol. The molecule has 1 atom stereocenters. The van der Waals surface area contributed by atoms with Crippen molar-refractivity contribution >= 4 is 67.2 Å². The zero-order chi connectivity index (χ0) is 26.9. The summed E-state index contributed by atoms with van der Waals surface area (Å²) in [6.07, 6.45) is -0.770. The first-order chi connectivity index (χ1) is 15.8. The molecule has 10 heteroatoms. The lowest BCUT2D eigenvalue weighted by Crippen LogP contribution is -2.20. The molecule has 0 aliphatic heterocycles. The molecule has 0 aliphatic carbocycles. The number of rotatable bonds is 6. The van der Waals surface area contributed by atoms with E-state index in [1.54, 1.807) is 19.1 Å². The largest absolute Gasteiger partial charge is 0.457 e. The molecule has 1 N–H and O–H groups in total. The number of esters is 2. The van der Waals surface area contributed by atoms with E-state index >= 15 is 0 Å². The minimum Gasteiger partial charge on any atom is -0.457 e. The van der Waals surface area contributed by atoms with Gasteiger partial charge in [0.05, 0.1) is 12.7 Å². The van der Waals surface area contributed by atoms with Gasteiger partial charge in [0, 0.05) is 0 Å². The van der Waals surface area contributed by atoms with Crippen LogP contribution in [0.2, 0.25) is 0 Å². The van der Waals surface area contributed by atoms with Gasteiger partial charge in [0.2, 0.25) is 0 Å². The van der Waals surface area contributed by atoms with Gasteiger partial charge < -0.3 is 9.47 Å². The maximum atomic E-state index is 13.2. The van der Waals surface area contributed by atoms with Gasteiger partial charge >= 0.3 is 11.9 Å². The Balaban J connectivity index is 2.34. The Bertz CT molecular complexity index is 1180. The second kappa shape index (κ2) is 11.0. The van der Waals surface area contributed by atoms with E-state index in [0.717, 1.165) is 11.1 Å². The number of ether oxygens (including phenoxy) is 2. The molecular weight excluding hydrogens is 698 g/mol. The van der Waals surface area contributed by atoms with Crippen molar-refractivity contribution in [2.45, 2.75) is 65.4 Å². The van der Waals surface area contributed by atoms with Crippen molar-refractivity contribution in [2.24, 2.45) is 0 Å². The third kappa shape index (κ3) is 8.67. The van der Waals surface area contributed by atoms with Gasteiger partial charge in [-0.15, -0.1) is 0 Å². The lowest BCUT2D eigenvalue weighted by molar-refractivity contribution is -0.145. The molecule has 192 valence electrons. The molecule has 0 aliphatic rings. The van der Waals surface area contributed by atoms with Crippen LogP contribution in [0.3, 0.4) is 0 Å². The zero-order valence-electron chi connectivity index (χ0n) is 20.7. The standard InChI is InChI=1S/C25H30I2O7S/c1-14(33-21(28)13-35(30,31)32)15-10-19(26)22(20(27)11-15)34-23(29)16-8-17(24(2,3)4)12-18(9-16)25(5,6)7/h8-12,14H,13H2,1-7H3,(H,30,31,32). The Labute approximate surface area is 234 Å². The first kappa shape index (κ1) is 30.0. The van der Waals surface area contributed by atoms with E-state index in [2.05, 4.69) is 47.6 Å². The normalized spacial score (nSPS) is 13.3. The second-order valence-corrected chi connectivity index (χ2v) is 14.1. The van der Waals surface area contributed by atoms with Crippen molar-refractivity contribution in [1.82, 2.24) is 0 Å². The lowest BCUT2D eigenvalue weighted by atomic mass is 9.79. The van der Waals surface area contributed by atoms with Gasteiger partial charge in [-0.25, -0.2) is 4.79 Å². The fourth-order valence-electron chi connectivity index (χ4n) is 3.12. The number of hydrogen-bond donors (Lipinski definition) is 1. The smallest absolute Gasteiger partial charge is 0.343 e. The summed E-state index contributed by atoms with van der Waals surface area (Å²) in [5, 5.41) is 0. The summed E-state index contributed by atoms with van der Waals surface area (Å²) in [6.45, 7) is 14.2. The Hall–Kier alpha value is -1.25. The molecule has 0 saturated carbocycles. The van der Waals surface area contributed by atoms with Crippen LogP contribution in [-0.2, 0) is 30.5 Å². The van der Waals surface area contributed by atoms with E-state index in [1.807, 2.05) is 57.3 Å². The summed E-state index contributed by atoms with van der Waals surface area (Å²) >= 11 is 4.07. The molecule has 0 heterocycles. The Morgan fingerprint density at radius 3 is 1.77 bits per heavy atom. The van der Waals surface area contributed by atoms with E-state index in [-0.39, 0.29) is 10.8 Å². The predicted molar refractivity (Wildman–Crippen MR) is 152 cm³/mol. The summed E-state index contributed by atoms with van der Waals surface area (Å²) in [4.78, 5) is 24.9. The van der Waals surface area contributed by atoms with Gasteiger partial charge in [0.1, 0.15) is 6.10 Å². The maximum absolute atomic E-state index is 13.2. The first-order valence-corrected chi connectivity index (χ1v) is 14.6. The van der Waals surface area contributed by atoms with Crippen LogP contribution in [0.4, 0.5) is 0 Å². The number of halogens is 2. The van der Waals surface area contributed by atoms with E-state index in [4.69, 9.17) is 14.0 Å². The van der Waals surface area contributed by atoms with Gasteiger partial charge in [0.15, 0.2) is 11.5 Å². The van der Waals surface area contributed by atoms with Crippen molar-refractivity contribution in [2.75, 3.05) is 5.75 Å². The van der Waals surface area contributed by atoms with Gasteiger partial charge in [-0.05, 0) is 104 Å². The van der Waals surface area contributed by atoms with Crippen LogP contribution in [0.15, 0.2) is 30.3 Å². The van der Waals surface area contributed by atoms with Crippen LogP contribution >= 0.6 is 45.2 Å². The van der Waals surface area contributed by atoms with Crippen molar-refractivity contribution < 1.29 is 32.0 Å². The average Bonchev–Trinajstić information content (AvgIpc) is 2.67. The summed E-state index contributed by atoms with van der Waals surface area (Å²) in [5.41, 5.74) is 2.83. The molecule has 0 saturated heterocycles. The minimum atomic E-state index is -4.47. The second-order valence-electron chi connectivity index (χ2n) is 10.4. The summed E-state index contributed by atoms with van der Waals surface area (Å²) in [5.74, 6) is -2.27. The maximum Gasteiger partial charge on any atom is 0.343 e. The zero-order valence-corrected chi connectivity index (χ0v) is 25.9. The number of carbonyl (C=O) groups excluding carboxylic acids is 2. The quantitative estimate of drug-likeness (QED) is 0.164. The van der Waals surface area contributed by atoms with E-state index in [0.29, 0.717) is 24.0 Å². The molecule has 2 aromatic rings. The third-order valence-corrected chi connectivity index (χ3v) is 7.40. The molecule has 2 aromatic carbocycles. The Kier molecular flexibility index (Phi) is 9.43. The SMILES string of the molecule is CC(OC(=O)CS(=O)(=O)O)c1cc(I)c(OC(=O)c2cc(C(C)(C)C)cc(C(C)(C)C)c2)c(I)c1. The highest BCUT2D eigenvalue weighted by molar-refractivity contribution is 14.1. The third-order valence-electron chi connectivity index (χ3n) is 5.19. The lowest BCUT2D eigenvalue weighted by Gasteiger charge is -2.26. The van der Waals surface area contributed by atoms with E-state index < -0.39 is 33.9 Å². The van der Waals surface area contributed by atoms with Crippen molar-refractivity contribution in [1.29, 1.82) is 0 Å². The number of benzene rings is 2. The molecule has 2 rings (SSSR count). The topological polar surface area (TPSA) is 107 Å². The van der Waals surface area contributed by atoms with Gasteiger partial charge in [-0.2, -0.15) is 8.42 Å². The fraction of sp³-hybridized carbons (Fsp3) is 0.440. The molecule has 0 aromatic heterocycles. The molecule has 0 bridgehead atoms. The van der Waals surface area contributed by atoms with Crippen LogP contribution in [0.5, 0.6) is 5.75 Å². The average molecular weight is 728 g/mol. The van der Waals surface area contributed by atoms with Crippen LogP contribution in [0.1, 0.15) is 81.6 Å². The summed E-state index contributed by atoms with van der Waals surface area (Å²) in [7, 11) is -4.47. The molecule has 7 nitrogen and oxygen atoms in total. The number of hydrogen-bond acceptors (Lipinski definition) is 6. The van der Waals surface area contributed by atoms with E-state index in [1.165, 1.54) is 0 Å². The summed E-state index contributed by atoms with van der Waals surface area (Å²) in [6, 6.07) is 9.25. The first-order valence-electron chi connectivity index (χ1n) is 10.8. The highest BCUT2D eigenvalue weighted by Crippen LogP contribution is 2.34. The fourth-order valence-corrected chi connectivity index (χ4v) is 5.53. The van der Waals surface area contributed by atoms with Crippen molar-refractivity contribution in [3.63, 3.8) is 0 Å². The van der Waals surface area contributed by atoms with Crippen molar-refractivity contribution in [3.8, 4) is 5.75 Å². The van der Waals surface area contributed by atoms with Crippen LogP contribution in [0.25, 0.3) is 0 Å². The highest BCUT2D eigenvalue weighted by atomic mass is 127. The number of carbonyl (C=O) groups is 2. The molecular formula is C25H30I2O7S. The van der Waals surface area contributed by atoms with Gasteiger partial charge in [-0.3, -0.25) is 9.35 Å². The molecule has 1 unspecified atom stereocenters. The molecule has 0 amide bonds. The molecule has 35 heavy (non-hydrogen) atoms. The Morgan fingerprint density at radius 1 is 0.914 bits per heavy atom. The Morgan fingerprint density at radius 2 is 1.37 bits per heavy atom. The highest BCUT2D eigenvalue weighted by Gasteiger charge is 2.25. The van der Waals surface area contributed by atoms with E-state index in [9.17, 15) is 18.0 Å². The van der Waals surface area contributed by atoms with Crippen LogP contribution < -0.4 is 4.74 Å². The predicted octanol–water partition coefficient (Wildman–Crippen LogP) is 6.20. The minimum absolute atomic E-state index is 0.149. The van der Waals surface area contributed by atoms with Gasteiger partial charge in [0.25, 0.3) is 10.1 Å². The molecule has 0 radical (unpaired) electrons. The van der Waals surface area contributed by atoms with Crippen molar-refractivity contribution in [3.05, 3.63) is 59.7 Å². The molecule has 0 fully saturated rings. The molecule has 0 spiro atoms. The van der Waals surface area contributed by atoms with Crippen LogP contribution in [0, 0.1) is 7.14 Å².